The summed E-state index contributed by atoms with van der Waals surface area (Å²) >= 11 is 21.3. The second kappa shape index (κ2) is 5.18. The van der Waals surface area contributed by atoms with Crippen LogP contribution >= 0.6 is 56.2 Å². The minimum atomic E-state index is -3.13. The van der Waals surface area contributed by atoms with Gasteiger partial charge in [-0.2, -0.15) is 0 Å². The van der Waals surface area contributed by atoms with Gasteiger partial charge in [0.05, 0.1) is 22.1 Å². The summed E-state index contributed by atoms with van der Waals surface area (Å²) in [4.78, 5) is 14.3. The Morgan fingerprint density at radius 1 is 1.44 bits per heavy atom. The first-order valence-electron chi connectivity index (χ1n) is 4.77. The van der Waals surface area contributed by atoms with E-state index in [1.165, 1.54) is 6.92 Å². The molecule has 0 aliphatic rings. The van der Waals surface area contributed by atoms with Gasteiger partial charge in [-0.05, 0) is 28.1 Å². The molecule has 1 heterocycles. The standard InChI is InChI=1S/C10H7BrCl3NO2P/c1-5(16)18(13,14)17-8-4-15-7-3-2-6(11)10(12)9(7)8/h2-4,15H,1H3/q+1. The Bertz CT molecular complexity index is 629. The molecule has 0 aliphatic heterocycles. The van der Waals surface area contributed by atoms with Crippen molar-refractivity contribution in [3.05, 3.63) is 27.8 Å². The van der Waals surface area contributed by atoms with Crippen molar-refractivity contribution in [3.8, 4) is 5.75 Å². The topological polar surface area (TPSA) is 42.1 Å². The van der Waals surface area contributed by atoms with Crippen LogP contribution in [0.1, 0.15) is 6.92 Å². The third kappa shape index (κ3) is 2.63. The van der Waals surface area contributed by atoms with Gasteiger partial charge in [0.25, 0.3) is 0 Å². The lowest BCUT2D eigenvalue weighted by Crippen LogP contribution is -1.97. The first-order chi connectivity index (χ1) is 8.33. The summed E-state index contributed by atoms with van der Waals surface area (Å²) in [5.74, 6) is 0.366. The fourth-order valence-corrected chi connectivity index (χ4v) is 2.94. The van der Waals surface area contributed by atoms with Crippen LogP contribution in [0.3, 0.4) is 0 Å². The predicted octanol–water partition coefficient (Wildman–Crippen LogP) is 5.75. The second-order valence-corrected chi connectivity index (χ2v) is 9.85. The van der Waals surface area contributed by atoms with Crippen molar-refractivity contribution in [2.75, 3.05) is 0 Å². The van der Waals surface area contributed by atoms with Gasteiger partial charge >= 0.3 is 11.7 Å². The van der Waals surface area contributed by atoms with Gasteiger partial charge in [0, 0.05) is 11.4 Å². The molecule has 2 aromatic rings. The summed E-state index contributed by atoms with van der Waals surface area (Å²) in [5.41, 5.74) is 0.376. The van der Waals surface area contributed by atoms with Crippen molar-refractivity contribution in [2.24, 2.45) is 0 Å². The van der Waals surface area contributed by atoms with E-state index in [4.69, 9.17) is 38.6 Å². The average molecular weight is 390 g/mol. The molecular formula is C10H7BrCl3NO2P+. The molecule has 0 spiro atoms. The summed E-state index contributed by atoms with van der Waals surface area (Å²) in [6, 6.07) is 3.63. The number of benzene rings is 1. The van der Waals surface area contributed by atoms with Crippen LogP contribution in [0.2, 0.25) is 5.02 Å². The van der Waals surface area contributed by atoms with Crippen molar-refractivity contribution in [1.82, 2.24) is 4.98 Å². The first kappa shape index (κ1) is 14.4. The summed E-state index contributed by atoms with van der Waals surface area (Å²) in [6.07, 6.45) is -1.56. The zero-order valence-electron chi connectivity index (χ0n) is 9.01. The van der Waals surface area contributed by atoms with E-state index in [0.29, 0.717) is 16.2 Å². The molecule has 2 rings (SSSR count). The van der Waals surface area contributed by atoms with E-state index in [1.807, 2.05) is 6.07 Å². The predicted molar refractivity (Wildman–Crippen MR) is 80.9 cm³/mol. The highest BCUT2D eigenvalue weighted by atomic mass is 79.9. The number of fused-ring (bicyclic) bond motifs is 1. The van der Waals surface area contributed by atoms with Gasteiger partial charge in [-0.15, -0.1) is 0 Å². The summed E-state index contributed by atoms with van der Waals surface area (Å²) in [7, 11) is 0. The van der Waals surface area contributed by atoms with Crippen LogP contribution in [0.15, 0.2) is 22.8 Å². The van der Waals surface area contributed by atoms with Crippen molar-refractivity contribution >= 4 is 72.6 Å². The molecule has 8 heteroatoms. The van der Waals surface area contributed by atoms with Gasteiger partial charge in [-0.1, -0.05) is 11.6 Å². The van der Waals surface area contributed by atoms with Crippen LogP contribution in [-0.2, 0) is 4.79 Å². The zero-order chi connectivity index (χ0) is 13.5. The Hall–Kier alpha value is 0.01000. The molecule has 0 saturated carbocycles. The number of nitrogens with one attached hydrogen (secondary N) is 1. The van der Waals surface area contributed by atoms with Crippen LogP contribution in [0, 0.1) is 0 Å². The van der Waals surface area contributed by atoms with E-state index in [0.717, 1.165) is 9.99 Å². The molecule has 0 amide bonds. The van der Waals surface area contributed by atoms with Gasteiger partial charge < -0.3 is 9.51 Å². The highest BCUT2D eigenvalue weighted by Gasteiger charge is 2.46. The molecule has 1 aromatic carbocycles. The molecule has 0 fully saturated rings. The maximum absolute atomic E-state index is 11.3. The van der Waals surface area contributed by atoms with Gasteiger partial charge in [-0.25, -0.2) is 4.79 Å². The third-order valence-corrected chi connectivity index (χ3v) is 6.56. The number of aromatic amines is 1. The van der Waals surface area contributed by atoms with Crippen LogP contribution in [0.25, 0.3) is 10.9 Å². The fraction of sp³-hybridized carbons (Fsp3) is 0.100. The normalized spacial score (nSPS) is 11.8. The summed E-state index contributed by atoms with van der Waals surface area (Å²) in [6.45, 7) is 1.29. The van der Waals surface area contributed by atoms with Crippen molar-refractivity contribution in [3.63, 3.8) is 0 Å². The molecular weight excluding hydrogens is 383 g/mol. The van der Waals surface area contributed by atoms with E-state index >= 15 is 0 Å². The van der Waals surface area contributed by atoms with E-state index in [2.05, 4.69) is 20.9 Å². The highest BCUT2D eigenvalue weighted by molar-refractivity contribution is 9.10. The van der Waals surface area contributed by atoms with Crippen molar-refractivity contribution in [1.29, 1.82) is 0 Å². The molecule has 1 N–H and O–H groups in total. The molecule has 18 heavy (non-hydrogen) atoms. The fourth-order valence-electron chi connectivity index (χ4n) is 1.39. The van der Waals surface area contributed by atoms with E-state index in [1.54, 1.807) is 12.3 Å². The van der Waals surface area contributed by atoms with Crippen LogP contribution in [0.4, 0.5) is 0 Å². The number of carbonyl (C=O) groups is 1. The number of carbonyl (C=O) groups excluding carboxylic acids is 1. The number of halogens is 4. The zero-order valence-corrected chi connectivity index (χ0v) is 13.8. The van der Waals surface area contributed by atoms with Gasteiger partial charge in [0.15, 0.2) is 22.5 Å². The minimum absolute atomic E-state index is 0.366. The molecule has 0 unspecified atom stereocenters. The lowest BCUT2D eigenvalue weighted by molar-refractivity contribution is -0.110. The van der Waals surface area contributed by atoms with E-state index in [9.17, 15) is 4.79 Å². The number of aromatic nitrogens is 1. The lowest BCUT2D eigenvalue weighted by atomic mass is 10.2. The largest absolute Gasteiger partial charge is 0.450 e. The molecule has 0 saturated heterocycles. The Labute approximate surface area is 127 Å². The molecule has 0 atom stereocenters. The average Bonchev–Trinajstić information content (AvgIpc) is 2.66. The Kier molecular flexibility index (Phi) is 4.15. The molecule has 0 aliphatic carbocycles. The number of hydrogen-bond acceptors (Lipinski definition) is 2. The molecule has 0 bridgehead atoms. The summed E-state index contributed by atoms with van der Waals surface area (Å²) in [5, 5.41) is 1.11. The maximum atomic E-state index is 11.3. The van der Waals surface area contributed by atoms with E-state index < -0.39 is 11.7 Å². The van der Waals surface area contributed by atoms with E-state index in [-0.39, 0.29) is 0 Å². The van der Waals surface area contributed by atoms with Crippen LogP contribution < -0.4 is 4.52 Å². The Balaban J connectivity index is 2.53. The number of rotatable bonds is 3. The molecule has 1 aromatic heterocycles. The molecule has 3 nitrogen and oxygen atoms in total. The molecule has 96 valence electrons. The smallest absolute Gasteiger partial charge is 0.358 e. The maximum Gasteiger partial charge on any atom is 0.450 e. The second-order valence-electron chi connectivity index (χ2n) is 3.51. The van der Waals surface area contributed by atoms with Gasteiger partial charge in [-0.3, -0.25) is 0 Å². The quantitative estimate of drug-likeness (QED) is 0.678. The lowest BCUT2D eigenvalue weighted by Gasteiger charge is -2.06. The van der Waals surface area contributed by atoms with Crippen LogP contribution in [-0.4, -0.2) is 10.5 Å². The van der Waals surface area contributed by atoms with Crippen molar-refractivity contribution < 1.29 is 9.32 Å². The Morgan fingerprint density at radius 3 is 2.72 bits per heavy atom. The SMILES string of the molecule is CC(=O)[P+](Cl)(Cl)Oc1c[nH]c2ccc(Br)c(Cl)c12. The summed E-state index contributed by atoms with van der Waals surface area (Å²) < 4.78 is 6.13. The third-order valence-electron chi connectivity index (χ3n) is 2.28. The first-order valence-corrected chi connectivity index (χ1v) is 9.46. The minimum Gasteiger partial charge on any atom is -0.358 e. The van der Waals surface area contributed by atoms with Crippen LogP contribution in [0.5, 0.6) is 5.75 Å². The number of hydrogen-bond donors (Lipinski definition) is 1. The Morgan fingerprint density at radius 2 is 2.11 bits per heavy atom. The van der Waals surface area contributed by atoms with Gasteiger partial charge in [0.1, 0.15) is 0 Å². The monoisotopic (exact) mass is 388 g/mol. The van der Waals surface area contributed by atoms with Gasteiger partial charge in [0.2, 0.25) is 5.75 Å². The van der Waals surface area contributed by atoms with Crippen molar-refractivity contribution in [2.45, 2.75) is 6.92 Å². The molecule has 0 radical (unpaired) electrons. The highest BCUT2D eigenvalue weighted by Crippen LogP contribution is 2.70. The number of H-pyrrole nitrogens is 1.